The normalized spacial score (nSPS) is 26.3. The minimum Gasteiger partial charge on any atom is -0.479 e. The number of aliphatic hydroxyl groups is 3. The lowest BCUT2D eigenvalue weighted by molar-refractivity contribution is -0.148. The lowest BCUT2D eigenvalue weighted by Crippen LogP contribution is -2.55. The van der Waals surface area contributed by atoms with Gasteiger partial charge in [0.2, 0.25) is 11.8 Å². The third-order valence-electron chi connectivity index (χ3n) is 5.52. The van der Waals surface area contributed by atoms with E-state index < -0.39 is 74.6 Å². The second-order valence-electron chi connectivity index (χ2n) is 8.50. The van der Waals surface area contributed by atoms with Crippen LogP contribution in [0.25, 0.3) is 0 Å². The van der Waals surface area contributed by atoms with Gasteiger partial charge in [0, 0.05) is 32.9 Å². The number of aliphatic hydroxyl groups excluding tert-OH is 3. The minimum atomic E-state index is -4.44. The number of ketones is 1. The van der Waals surface area contributed by atoms with Crippen LogP contribution in [-0.2, 0) is 28.3 Å². The number of carbonyl (C=O) groups excluding carboxylic acids is 3. The molecule has 1 rings (SSSR count). The van der Waals surface area contributed by atoms with E-state index in [4.69, 9.17) is 4.52 Å². The van der Waals surface area contributed by atoms with E-state index in [0.29, 0.717) is 0 Å². The molecule has 1 aliphatic rings. The summed E-state index contributed by atoms with van der Waals surface area (Å²) in [5.41, 5.74) is -2.05. The first-order valence-corrected chi connectivity index (χ1v) is 12.4. The Morgan fingerprint density at radius 2 is 1.68 bits per heavy atom. The van der Waals surface area contributed by atoms with E-state index in [1.54, 1.807) is 0 Å². The number of Topliss-reactive ketones (excluding diaryl/α,β-unsaturated/α-hetero) is 1. The number of carbonyl (C=O) groups is 4. The molecular formula is C19H34N3O11P. The number of amides is 2. The molecule has 1 aliphatic heterocycles. The minimum absolute atomic E-state index is 0.0932. The predicted octanol–water partition coefficient (Wildman–Crippen LogP) is -2.58. The van der Waals surface area contributed by atoms with Gasteiger partial charge in [-0.3, -0.25) is 19.1 Å². The third-order valence-corrected chi connectivity index (χ3v) is 6.82. The quantitative estimate of drug-likeness (QED) is 0.119. The van der Waals surface area contributed by atoms with Crippen LogP contribution in [0.5, 0.6) is 0 Å². The van der Waals surface area contributed by atoms with Crippen LogP contribution in [0, 0.1) is 0 Å². The zero-order chi connectivity index (χ0) is 26.3. The van der Waals surface area contributed by atoms with Gasteiger partial charge in [0.1, 0.15) is 5.78 Å². The van der Waals surface area contributed by atoms with Crippen molar-refractivity contribution in [1.82, 2.24) is 15.5 Å². The summed E-state index contributed by atoms with van der Waals surface area (Å²) in [4.78, 5) is 57.4. The van der Waals surface area contributed by atoms with Crippen molar-refractivity contribution in [3.8, 4) is 0 Å². The number of hydrogen-bond donors (Lipinski definition) is 7. The van der Waals surface area contributed by atoms with E-state index >= 15 is 0 Å². The molecule has 0 spiro atoms. The zero-order valence-electron chi connectivity index (χ0n) is 19.3. The van der Waals surface area contributed by atoms with Crippen LogP contribution in [0.3, 0.4) is 0 Å². The van der Waals surface area contributed by atoms with Gasteiger partial charge < -0.3 is 45.3 Å². The van der Waals surface area contributed by atoms with Crippen molar-refractivity contribution in [1.29, 1.82) is 0 Å². The van der Waals surface area contributed by atoms with Gasteiger partial charge in [0.15, 0.2) is 5.54 Å². The first-order chi connectivity index (χ1) is 15.6. The maximum absolute atomic E-state index is 12.6. The smallest absolute Gasteiger partial charge is 0.331 e. The van der Waals surface area contributed by atoms with Crippen LogP contribution >= 0.6 is 7.60 Å². The molecule has 0 saturated carbocycles. The van der Waals surface area contributed by atoms with Crippen LogP contribution in [0.15, 0.2) is 0 Å². The molecule has 14 nitrogen and oxygen atoms in total. The highest BCUT2D eigenvalue weighted by atomic mass is 31.2. The highest BCUT2D eigenvalue weighted by molar-refractivity contribution is 7.52. The van der Waals surface area contributed by atoms with E-state index in [1.807, 2.05) is 0 Å². The summed E-state index contributed by atoms with van der Waals surface area (Å²) < 4.78 is 17.5. The van der Waals surface area contributed by atoms with Crippen LogP contribution in [0.1, 0.15) is 33.6 Å². The number of aliphatic carboxylic acids is 1. The van der Waals surface area contributed by atoms with Crippen LogP contribution in [0.4, 0.5) is 0 Å². The fraction of sp³-hybridized carbons (Fsp3) is 0.789. The average molecular weight is 511 g/mol. The zero-order valence-corrected chi connectivity index (χ0v) is 20.2. The van der Waals surface area contributed by atoms with Crippen molar-refractivity contribution in [3.05, 3.63) is 0 Å². The first kappa shape index (κ1) is 30.1. The molecule has 0 radical (unpaired) electrons. The molecule has 7 N–H and O–H groups in total. The maximum Gasteiger partial charge on any atom is 0.331 e. The summed E-state index contributed by atoms with van der Waals surface area (Å²) in [7, 11) is -4.44. The largest absolute Gasteiger partial charge is 0.479 e. The molecule has 1 saturated heterocycles. The van der Waals surface area contributed by atoms with Crippen molar-refractivity contribution >= 4 is 31.2 Å². The SMILES string of the molecule is CC(=O)CCC(=O)NC(C)(COP(=O)(O)CCN1[C@H](CO)[C@@H](O)[C@H](O)[C@H]1CNC(C)=O)C(=O)O. The highest BCUT2D eigenvalue weighted by Crippen LogP contribution is 2.43. The number of likely N-dealkylation sites (tertiary alicyclic amines) is 1. The Kier molecular flexibility index (Phi) is 11.2. The third kappa shape index (κ3) is 8.69. The summed E-state index contributed by atoms with van der Waals surface area (Å²) >= 11 is 0. The van der Waals surface area contributed by atoms with Gasteiger partial charge in [0.05, 0.1) is 43.7 Å². The number of hydrogen-bond acceptors (Lipinski definition) is 10. The molecular weight excluding hydrogens is 477 g/mol. The van der Waals surface area contributed by atoms with E-state index in [1.165, 1.54) is 18.7 Å². The summed E-state index contributed by atoms with van der Waals surface area (Å²) in [5.74, 6) is -2.93. The standard InChI is InChI=1S/C19H34N3O11P/c1-11(24)4-5-15(26)21-19(3,18(29)30)10-33-34(31,32)7-6-22-13(8-20-12(2)25)16(27)17(28)14(22)9-23/h13-14,16-17,23,27-28H,4-10H2,1-3H3,(H,20,25)(H,21,26)(H,29,30)(H,31,32)/t13-,14-,16-,17-,19?/m1/s1. The van der Waals surface area contributed by atoms with E-state index in [2.05, 4.69) is 10.6 Å². The Bertz CT molecular complexity index is 810. The second-order valence-corrected chi connectivity index (χ2v) is 10.5. The molecule has 0 aliphatic carbocycles. The molecule has 2 amide bonds. The lowest BCUT2D eigenvalue weighted by Gasteiger charge is -2.31. The topological polar surface area (TPSA) is 223 Å². The van der Waals surface area contributed by atoms with E-state index in [9.17, 15) is 49.1 Å². The Morgan fingerprint density at radius 1 is 1.09 bits per heavy atom. The molecule has 0 aromatic heterocycles. The Hall–Kier alpha value is -1.93. The predicted molar refractivity (Wildman–Crippen MR) is 117 cm³/mol. The Morgan fingerprint density at radius 3 is 2.18 bits per heavy atom. The van der Waals surface area contributed by atoms with E-state index in [-0.39, 0.29) is 31.7 Å². The maximum atomic E-state index is 12.6. The fourth-order valence-electron chi connectivity index (χ4n) is 3.47. The summed E-state index contributed by atoms with van der Waals surface area (Å²) in [6.45, 7) is 1.84. The van der Waals surface area contributed by atoms with Gasteiger partial charge >= 0.3 is 13.6 Å². The van der Waals surface area contributed by atoms with Gasteiger partial charge in [-0.2, -0.15) is 0 Å². The fourth-order valence-corrected chi connectivity index (χ4v) is 4.54. The van der Waals surface area contributed by atoms with Gasteiger partial charge in [-0.15, -0.1) is 0 Å². The van der Waals surface area contributed by atoms with Gasteiger partial charge in [-0.25, -0.2) is 4.79 Å². The second kappa shape index (κ2) is 12.7. The van der Waals surface area contributed by atoms with Crippen LogP contribution in [-0.4, -0.2) is 116 Å². The van der Waals surface area contributed by atoms with Gasteiger partial charge in [-0.05, 0) is 13.8 Å². The summed E-state index contributed by atoms with van der Waals surface area (Å²) in [5, 5.41) is 44.2. The lowest BCUT2D eigenvalue weighted by atomic mass is 10.0. The van der Waals surface area contributed by atoms with Crippen molar-refractivity contribution in [2.45, 2.75) is 63.4 Å². The first-order valence-electron chi connectivity index (χ1n) is 10.6. The number of carboxylic acid groups (broad SMARTS) is 1. The van der Waals surface area contributed by atoms with Crippen molar-refractivity contribution < 1.29 is 53.6 Å². The van der Waals surface area contributed by atoms with Crippen molar-refractivity contribution in [2.24, 2.45) is 0 Å². The summed E-state index contributed by atoms with van der Waals surface area (Å²) in [6.07, 6.45) is -3.63. The molecule has 0 aromatic rings. The van der Waals surface area contributed by atoms with Crippen LogP contribution < -0.4 is 10.6 Å². The number of carboxylic acids is 1. The molecule has 1 heterocycles. The molecule has 196 valence electrons. The molecule has 2 unspecified atom stereocenters. The van der Waals surface area contributed by atoms with Gasteiger partial charge in [-0.1, -0.05) is 0 Å². The Balaban J connectivity index is 2.82. The number of nitrogens with zero attached hydrogens (tertiary/aromatic N) is 1. The number of nitrogens with one attached hydrogen (secondary N) is 2. The molecule has 15 heteroatoms. The molecule has 34 heavy (non-hydrogen) atoms. The van der Waals surface area contributed by atoms with Crippen LogP contribution in [0.2, 0.25) is 0 Å². The molecule has 0 bridgehead atoms. The van der Waals surface area contributed by atoms with E-state index in [0.717, 1.165) is 6.92 Å². The van der Waals surface area contributed by atoms with Gasteiger partial charge in [0.25, 0.3) is 0 Å². The monoisotopic (exact) mass is 511 g/mol. The molecule has 6 atom stereocenters. The highest BCUT2D eigenvalue weighted by Gasteiger charge is 2.47. The summed E-state index contributed by atoms with van der Waals surface area (Å²) in [6, 6.07) is -1.83. The Labute approximate surface area is 196 Å². The molecule has 0 aromatic carbocycles. The number of rotatable bonds is 14. The van der Waals surface area contributed by atoms with Crippen molar-refractivity contribution in [3.63, 3.8) is 0 Å². The molecule has 1 fully saturated rings. The average Bonchev–Trinajstić information content (AvgIpc) is 2.96. The van der Waals surface area contributed by atoms with Crippen molar-refractivity contribution in [2.75, 3.05) is 32.5 Å².